The minimum Gasteiger partial charge on any atom is -0.389 e. The summed E-state index contributed by atoms with van der Waals surface area (Å²) in [4.78, 5) is 4.75. The molecule has 1 saturated heterocycles. The van der Waals surface area contributed by atoms with Gasteiger partial charge in [0.15, 0.2) is 0 Å². The van der Waals surface area contributed by atoms with Crippen LogP contribution in [0.5, 0.6) is 0 Å². The molecule has 4 heteroatoms. The van der Waals surface area contributed by atoms with Crippen LogP contribution in [0.15, 0.2) is 22.7 Å². The van der Waals surface area contributed by atoms with E-state index >= 15 is 0 Å². The number of hydrogen-bond donors (Lipinski definition) is 1. The molecular weight excluding hydrogens is 304 g/mol. The third-order valence-corrected chi connectivity index (χ3v) is 4.71. The summed E-state index contributed by atoms with van der Waals surface area (Å²) in [5.74, 6) is 0. The van der Waals surface area contributed by atoms with Crippen LogP contribution in [-0.4, -0.2) is 43.2 Å². The van der Waals surface area contributed by atoms with Gasteiger partial charge in [-0.25, -0.2) is 0 Å². The first kappa shape index (κ1) is 14.8. The Bertz CT molecular complexity index is 428. The molecule has 106 valence electrons. The number of rotatable bonds is 3. The van der Waals surface area contributed by atoms with E-state index in [1.54, 1.807) is 6.92 Å². The van der Waals surface area contributed by atoms with Crippen LogP contribution in [0.4, 0.5) is 5.69 Å². The van der Waals surface area contributed by atoms with E-state index in [9.17, 15) is 5.11 Å². The number of benzene rings is 1. The van der Waals surface area contributed by atoms with E-state index in [1.807, 2.05) is 12.1 Å². The lowest BCUT2D eigenvalue weighted by Crippen LogP contribution is -2.42. The molecular formula is C15H23BrN2O. The van der Waals surface area contributed by atoms with E-state index in [0.717, 1.165) is 10.0 Å². The number of piperidine rings is 1. The van der Waals surface area contributed by atoms with Crippen LogP contribution < -0.4 is 4.90 Å². The molecule has 1 aliphatic heterocycles. The Morgan fingerprint density at radius 3 is 2.53 bits per heavy atom. The normalized spacial score (nSPS) is 19.4. The van der Waals surface area contributed by atoms with E-state index in [2.05, 4.69) is 45.9 Å². The summed E-state index contributed by atoms with van der Waals surface area (Å²) in [6.45, 7) is 4.12. The van der Waals surface area contributed by atoms with Crippen molar-refractivity contribution in [2.45, 2.75) is 31.9 Å². The van der Waals surface area contributed by atoms with Gasteiger partial charge in [0.2, 0.25) is 0 Å². The number of hydrogen-bond acceptors (Lipinski definition) is 3. The molecule has 2 rings (SSSR count). The van der Waals surface area contributed by atoms with Crippen molar-refractivity contribution in [2.24, 2.45) is 0 Å². The zero-order valence-corrected chi connectivity index (χ0v) is 13.5. The summed E-state index contributed by atoms with van der Waals surface area (Å²) >= 11 is 3.63. The Hall–Kier alpha value is -0.580. The molecule has 1 aliphatic rings. The lowest BCUT2D eigenvalue weighted by Gasteiger charge is -2.37. The molecule has 3 nitrogen and oxygen atoms in total. The van der Waals surface area contributed by atoms with Gasteiger partial charge in [0.05, 0.1) is 11.8 Å². The summed E-state index contributed by atoms with van der Waals surface area (Å²) in [5.41, 5.74) is 2.16. The van der Waals surface area contributed by atoms with E-state index in [1.165, 1.54) is 31.6 Å². The van der Waals surface area contributed by atoms with Gasteiger partial charge in [-0.05, 0) is 73.5 Å². The summed E-state index contributed by atoms with van der Waals surface area (Å²) in [7, 11) is 4.35. The molecule has 1 atom stereocenters. The second kappa shape index (κ2) is 6.25. The number of aliphatic hydroxyl groups is 1. The molecule has 0 aromatic heterocycles. The van der Waals surface area contributed by atoms with Crippen LogP contribution in [-0.2, 0) is 0 Å². The van der Waals surface area contributed by atoms with E-state index in [0.29, 0.717) is 6.04 Å². The largest absolute Gasteiger partial charge is 0.389 e. The third kappa shape index (κ3) is 3.50. The lowest BCUT2D eigenvalue weighted by molar-refractivity contribution is 0.199. The van der Waals surface area contributed by atoms with Gasteiger partial charge < -0.3 is 14.9 Å². The van der Waals surface area contributed by atoms with E-state index in [4.69, 9.17) is 0 Å². The number of nitrogens with zero attached hydrogens (tertiary/aromatic N) is 2. The molecule has 0 spiro atoms. The highest BCUT2D eigenvalue weighted by molar-refractivity contribution is 9.10. The van der Waals surface area contributed by atoms with Crippen molar-refractivity contribution in [2.75, 3.05) is 32.1 Å². The van der Waals surface area contributed by atoms with Gasteiger partial charge in [-0.2, -0.15) is 0 Å². The van der Waals surface area contributed by atoms with Gasteiger partial charge >= 0.3 is 0 Å². The van der Waals surface area contributed by atoms with Crippen LogP contribution in [0.2, 0.25) is 0 Å². The fourth-order valence-corrected chi connectivity index (χ4v) is 3.32. The second-order valence-corrected chi connectivity index (χ2v) is 6.39. The fraction of sp³-hybridized carbons (Fsp3) is 0.600. The van der Waals surface area contributed by atoms with Gasteiger partial charge in [-0.3, -0.25) is 0 Å². The Labute approximate surface area is 124 Å². The molecule has 1 fully saturated rings. The maximum Gasteiger partial charge on any atom is 0.0762 e. The van der Waals surface area contributed by atoms with Gasteiger partial charge in [-0.15, -0.1) is 0 Å². The van der Waals surface area contributed by atoms with Crippen LogP contribution in [0.1, 0.15) is 31.4 Å². The number of aliphatic hydroxyl groups excluding tert-OH is 1. The molecule has 0 aliphatic carbocycles. The maximum atomic E-state index is 9.62. The van der Waals surface area contributed by atoms with Crippen LogP contribution in [0, 0.1) is 0 Å². The summed E-state index contributed by atoms with van der Waals surface area (Å²) in [6.07, 6.45) is 1.99. The zero-order valence-electron chi connectivity index (χ0n) is 11.9. The molecule has 0 radical (unpaired) electrons. The van der Waals surface area contributed by atoms with Gasteiger partial charge in [-0.1, -0.05) is 6.07 Å². The SMILES string of the molecule is C[C@@H](O)c1ccc(N(C)C2CCN(C)CC2)c(Br)c1. The highest BCUT2D eigenvalue weighted by atomic mass is 79.9. The van der Waals surface area contributed by atoms with Crippen molar-refractivity contribution in [3.05, 3.63) is 28.2 Å². The van der Waals surface area contributed by atoms with Crippen LogP contribution in [0.25, 0.3) is 0 Å². The number of anilines is 1. The lowest BCUT2D eigenvalue weighted by atomic mass is 10.0. The van der Waals surface area contributed by atoms with E-state index in [-0.39, 0.29) is 0 Å². The fourth-order valence-electron chi connectivity index (χ4n) is 2.65. The van der Waals surface area contributed by atoms with Gasteiger partial charge in [0.25, 0.3) is 0 Å². The van der Waals surface area contributed by atoms with Crippen molar-refractivity contribution in [1.82, 2.24) is 4.90 Å². The van der Waals surface area contributed by atoms with Gasteiger partial charge in [0, 0.05) is 17.6 Å². The minimum atomic E-state index is -0.418. The smallest absolute Gasteiger partial charge is 0.0762 e. The minimum absolute atomic E-state index is 0.418. The predicted molar refractivity (Wildman–Crippen MR) is 83.7 cm³/mol. The molecule has 1 aromatic carbocycles. The molecule has 0 bridgehead atoms. The molecule has 0 unspecified atom stereocenters. The quantitative estimate of drug-likeness (QED) is 0.924. The van der Waals surface area contributed by atoms with Crippen molar-refractivity contribution >= 4 is 21.6 Å². The summed E-state index contributed by atoms with van der Waals surface area (Å²) < 4.78 is 1.06. The van der Waals surface area contributed by atoms with Crippen molar-refractivity contribution in [1.29, 1.82) is 0 Å². The standard InChI is InChI=1S/C15H23BrN2O/c1-11(19)12-4-5-15(14(16)10-12)18(3)13-6-8-17(2)9-7-13/h4-5,10-11,13,19H,6-9H2,1-3H3/t11-/m1/s1. The first-order valence-electron chi connectivity index (χ1n) is 6.88. The molecule has 0 amide bonds. The highest BCUT2D eigenvalue weighted by Gasteiger charge is 2.22. The van der Waals surface area contributed by atoms with Crippen LogP contribution >= 0.6 is 15.9 Å². The topological polar surface area (TPSA) is 26.7 Å². The molecule has 1 heterocycles. The van der Waals surface area contributed by atoms with E-state index < -0.39 is 6.10 Å². The Morgan fingerprint density at radius 1 is 1.37 bits per heavy atom. The molecule has 0 saturated carbocycles. The average Bonchev–Trinajstić information content (AvgIpc) is 2.38. The predicted octanol–water partition coefficient (Wildman–Crippen LogP) is 3.03. The van der Waals surface area contributed by atoms with Crippen molar-refractivity contribution in [3.8, 4) is 0 Å². The Morgan fingerprint density at radius 2 is 2.00 bits per heavy atom. The second-order valence-electron chi connectivity index (χ2n) is 5.53. The monoisotopic (exact) mass is 326 g/mol. The highest BCUT2D eigenvalue weighted by Crippen LogP contribution is 2.31. The van der Waals surface area contributed by atoms with Crippen molar-refractivity contribution in [3.63, 3.8) is 0 Å². The molecule has 19 heavy (non-hydrogen) atoms. The van der Waals surface area contributed by atoms with Gasteiger partial charge in [0.1, 0.15) is 0 Å². The molecule has 1 aromatic rings. The average molecular weight is 327 g/mol. The molecule has 1 N–H and O–H groups in total. The Kier molecular flexibility index (Phi) is 4.87. The maximum absolute atomic E-state index is 9.62. The zero-order chi connectivity index (χ0) is 14.0. The van der Waals surface area contributed by atoms with Crippen LogP contribution in [0.3, 0.4) is 0 Å². The number of likely N-dealkylation sites (tertiary alicyclic amines) is 1. The third-order valence-electron chi connectivity index (χ3n) is 4.07. The van der Waals surface area contributed by atoms with Crippen molar-refractivity contribution < 1.29 is 5.11 Å². The number of halogens is 1. The first-order valence-corrected chi connectivity index (χ1v) is 7.67. The summed E-state index contributed by atoms with van der Waals surface area (Å²) in [6, 6.07) is 6.73. The first-order chi connectivity index (χ1) is 8.99. The summed E-state index contributed by atoms with van der Waals surface area (Å²) in [5, 5.41) is 9.62. The Balaban J connectivity index is 2.12.